The van der Waals surface area contributed by atoms with Crippen LogP contribution < -0.4 is 5.73 Å². The quantitative estimate of drug-likeness (QED) is 0.922. The highest BCUT2D eigenvalue weighted by Gasteiger charge is 2.07. The van der Waals surface area contributed by atoms with Gasteiger partial charge in [-0.3, -0.25) is 0 Å². The summed E-state index contributed by atoms with van der Waals surface area (Å²) in [6.07, 6.45) is 1.80. The Hall–Kier alpha value is -0.810. The summed E-state index contributed by atoms with van der Waals surface area (Å²) in [6, 6.07) is 2.12. The number of hydrogen-bond donors (Lipinski definition) is 1. The summed E-state index contributed by atoms with van der Waals surface area (Å²) in [6.45, 7) is 4.81. The molecule has 2 rings (SSSR count). The van der Waals surface area contributed by atoms with E-state index in [0.717, 1.165) is 22.4 Å². The third-order valence-corrected chi connectivity index (χ3v) is 4.41. The molecule has 0 saturated heterocycles. The molecule has 2 aromatic heterocycles. The molecular formula is C10H12BrN3S. The van der Waals surface area contributed by atoms with Gasteiger partial charge in [0.15, 0.2) is 0 Å². The highest BCUT2D eigenvalue weighted by molar-refractivity contribution is 9.10. The monoisotopic (exact) mass is 285 g/mol. The van der Waals surface area contributed by atoms with Gasteiger partial charge in [-0.15, -0.1) is 11.3 Å². The van der Waals surface area contributed by atoms with Crippen LogP contribution in [0.25, 0.3) is 0 Å². The van der Waals surface area contributed by atoms with Gasteiger partial charge in [0.2, 0.25) is 0 Å². The van der Waals surface area contributed by atoms with Gasteiger partial charge in [0.25, 0.3) is 0 Å². The molecule has 0 fully saturated rings. The molecule has 0 aliphatic heterocycles. The zero-order chi connectivity index (χ0) is 11.0. The largest absolute Gasteiger partial charge is 0.384 e. The summed E-state index contributed by atoms with van der Waals surface area (Å²) in [5, 5.41) is 4.23. The van der Waals surface area contributed by atoms with Crippen molar-refractivity contribution < 1.29 is 0 Å². The second-order valence-corrected chi connectivity index (χ2v) is 5.68. The summed E-state index contributed by atoms with van der Waals surface area (Å²) in [7, 11) is 0. The van der Waals surface area contributed by atoms with Crippen molar-refractivity contribution in [3.05, 3.63) is 32.1 Å². The number of anilines is 1. The zero-order valence-corrected chi connectivity index (χ0v) is 11.0. The van der Waals surface area contributed by atoms with E-state index in [1.54, 1.807) is 17.5 Å². The lowest BCUT2D eigenvalue weighted by Gasteiger charge is -2.01. The van der Waals surface area contributed by atoms with Crippen molar-refractivity contribution in [2.24, 2.45) is 0 Å². The van der Waals surface area contributed by atoms with E-state index in [2.05, 4.69) is 34.0 Å². The first-order chi connectivity index (χ1) is 7.08. The summed E-state index contributed by atoms with van der Waals surface area (Å²) in [5.41, 5.74) is 6.92. The van der Waals surface area contributed by atoms with Gasteiger partial charge in [0, 0.05) is 19.8 Å². The Balaban J connectivity index is 2.25. The molecule has 0 amide bonds. The number of halogens is 1. The molecule has 0 atom stereocenters. The number of aromatic nitrogens is 2. The number of nitrogen functional groups attached to an aromatic ring is 1. The van der Waals surface area contributed by atoms with E-state index in [1.807, 2.05) is 11.6 Å². The predicted octanol–water partition coefficient (Wildman–Crippen LogP) is 2.95. The van der Waals surface area contributed by atoms with Crippen molar-refractivity contribution in [2.75, 3.05) is 5.73 Å². The molecule has 2 N–H and O–H groups in total. The van der Waals surface area contributed by atoms with Gasteiger partial charge in [0.1, 0.15) is 5.82 Å². The molecule has 80 valence electrons. The average Bonchev–Trinajstić information content (AvgIpc) is 2.65. The van der Waals surface area contributed by atoms with Crippen LogP contribution in [-0.2, 0) is 6.54 Å². The minimum absolute atomic E-state index is 0.747. The SMILES string of the molecule is Cc1cnn(Cc2cc(Br)c(C)s2)c1N. The molecule has 0 aromatic carbocycles. The second kappa shape index (κ2) is 3.98. The summed E-state index contributed by atoms with van der Waals surface area (Å²) in [5.74, 6) is 0.747. The smallest absolute Gasteiger partial charge is 0.125 e. The average molecular weight is 286 g/mol. The van der Waals surface area contributed by atoms with E-state index in [0.29, 0.717) is 0 Å². The van der Waals surface area contributed by atoms with Crippen LogP contribution in [0.3, 0.4) is 0 Å². The first kappa shape index (κ1) is 10.7. The molecule has 0 aliphatic rings. The van der Waals surface area contributed by atoms with E-state index < -0.39 is 0 Å². The van der Waals surface area contributed by atoms with E-state index >= 15 is 0 Å². The molecule has 0 spiro atoms. The highest BCUT2D eigenvalue weighted by atomic mass is 79.9. The molecule has 0 unspecified atom stereocenters. The molecule has 15 heavy (non-hydrogen) atoms. The van der Waals surface area contributed by atoms with Crippen molar-refractivity contribution in [1.82, 2.24) is 9.78 Å². The summed E-state index contributed by atoms with van der Waals surface area (Å²) >= 11 is 5.27. The molecule has 0 saturated carbocycles. The highest BCUT2D eigenvalue weighted by Crippen LogP contribution is 2.27. The van der Waals surface area contributed by atoms with Gasteiger partial charge in [-0.25, -0.2) is 4.68 Å². The van der Waals surface area contributed by atoms with Gasteiger partial charge in [0.05, 0.1) is 12.7 Å². The van der Waals surface area contributed by atoms with Crippen LogP contribution in [0.4, 0.5) is 5.82 Å². The molecule has 2 aromatic rings. The van der Waals surface area contributed by atoms with Crippen LogP contribution in [0.1, 0.15) is 15.3 Å². The van der Waals surface area contributed by atoms with Crippen LogP contribution in [-0.4, -0.2) is 9.78 Å². The van der Waals surface area contributed by atoms with Crippen LogP contribution >= 0.6 is 27.3 Å². The lowest BCUT2D eigenvalue weighted by molar-refractivity contribution is 0.705. The standard InChI is InChI=1S/C10H12BrN3S/c1-6-4-13-14(10(6)12)5-8-3-9(11)7(2)15-8/h3-4H,5,12H2,1-2H3. The molecule has 0 aliphatic carbocycles. The van der Waals surface area contributed by atoms with Gasteiger partial charge in [-0.1, -0.05) is 0 Å². The first-order valence-electron chi connectivity index (χ1n) is 4.60. The third kappa shape index (κ3) is 2.08. The maximum Gasteiger partial charge on any atom is 0.125 e. The molecule has 0 bridgehead atoms. The fraction of sp³-hybridized carbons (Fsp3) is 0.300. The first-order valence-corrected chi connectivity index (χ1v) is 6.21. The number of rotatable bonds is 2. The molecule has 5 heteroatoms. The van der Waals surface area contributed by atoms with E-state index in [-0.39, 0.29) is 0 Å². The van der Waals surface area contributed by atoms with E-state index in [1.165, 1.54) is 9.75 Å². The number of nitrogens with zero attached hydrogens (tertiary/aromatic N) is 2. The van der Waals surface area contributed by atoms with Crippen LogP contribution in [0.15, 0.2) is 16.7 Å². The number of hydrogen-bond acceptors (Lipinski definition) is 3. The lowest BCUT2D eigenvalue weighted by atomic mass is 10.4. The summed E-state index contributed by atoms with van der Waals surface area (Å²) < 4.78 is 2.98. The predicted molar refractivity (Wildman–Crippen MR) is 67.2 cm³/mol. The Labute approximate surface area is 101 Å². The maximum atomic E-state index is 5.89. The molecule has 0 radical (unpaired) electrons. The lowest BCUT2D eigenvalue weighted by Crippen LogP contribution is -2.04. The fourth-order valence-electron chi connectivity index (χ4n) is 1.36. The topological polar surface area (TPSA) is 43.8 Å². The van der Waals surface area contributed by atoms with Crippen LogP contribution in [0, 0.1) is 13.8 Å². The summed E-state index contributed by atoms with van der Waals surface area (Å²) in [4.78, 5) is 2.54. The van der Waals surface area contributed by atoms with E-state index in [9.17, 15) is 0 Å². The van der Waals surface area contributed by atoms with Gasteiger partial charge >= 0.3 is 0 Å². The van der Waals surface area contributed by atoms with Crippen molar-refractivity contribution in [3.63, 3.8) is 0 Å². The normalized spacial score (nSPS) is 10.9. The number of aryl methyl sites for hydroxylation is 2. The zero-order valence-electron chi connectivity index (χ0n) is 8.62. The second-order valence-electron chi connectivity index (χ2n) is 3.49. The van der Waals surface area contributed by atoms with Crippen molar-refractivity contribution in [1.29, 1.82) is 0 Å². The van der Waals surface area contributed by atoms with Crippen LogP contribution in [0.2, 0.25) is 0 Å². The van der Waals surface area contributed by atoms with Crippen LogP contribution in [0.5, 0.6) is 0 Å². The van der Waals surface area contributed by atoms with Crippen molar-refractivity contribution in [2.45, 2.75) is 20.4 Å². The number of thiophene rings is 1. The molecule has 3 nitrogen and oxygen atoms in total. The van der Waals surface area contributed by atoms with Gasteiger partial charge in [-0.05, 0) is 35.8 Å². The molecule has 2 heterocycles. The molecular weight excluding hydrogens is 274 g/mol. The van der Waals surface area contributed by atoms with Crippen molar-refractivity contribution >= 4 is 33.1 Å². The minimum atomic E-state index is 0.747. The van der Waals surface area contributed by atoms with E-state index in [4.69, 9.17) is 5.73 Å². The third-order valence-electron chi connectivity index (χ3n) is 2.29. The van der Waals surface area contributed by atoms with Gasteiger partial charge < -0.3 is 5.73 Å². The number of nitrogens with two attached hydrogens (primary N) is 1. The van der Waals surface area contributed by atoms with Gasteiger partial charge in [-0.2, -0.15) is 5.10 Å². The minimum Gasteiger partial charge on any atom is -0.384 e. The Morgan fingerprint density at radius 2 is 2.27 bits per heavy atom. The van der Waals surface area contributed by atoms with Crippen molar-refractivity contribution in [3.8, 4) is 0 Å². The Bertz CT molecular complexity index is 467. The Kier molecular flexibility index (Phi) is 2.84. The maximum absolute atomic E-state index is 5.89. The Morgan fingerprint density at radius 1 is 1.53 bits per heavy atom. The fourth-order valence-corrected chi connectivity index (χ4v) is 2.94. The Morgan fingerprint density at radius 3 is 2.73 bits per heavy atom.